The van der Waals surface area contributed by atoms with Gasteiger partial charge in [-0.15, -0.1) is 0 Å². The zero-order valence-corrected chi connectivity index (χ0v) is 15.0. The van der Waals surface area contributed by atoms with Gasteiger partial charge in [0, 0.05) is 18.8 Å². The number of unbranched alkanes of at least 4 members (excludes halogenated alkanes) is 4. The molecule has 0 unspecified atom stereocenters. The molecule has 0 bridgehead atoms. The van der Waals surface area contributed by atoms with Crippen molar-refractivity contribution in [3.63, 3.8) is 0 Å². The highest BCUT2D eigenvalue weighted by atomic mass is 32.2. The molecule has 0 spiro atoms. The van der Waals surface area contributed by atoms with Gasteiger partial charge in [0.15, 0.2) is 9.84 Å². The van der Waals surface area contributed by atoms with Crippen molar-refractivity contribution in [2.24, 2.45) is 0 Å². The van der Waals surface area contributed by atoms with Crippen LogP contribution in [0.2, 0.25) is 0 Å². The van der Waals surface area contributed by atoms with Gasteiger partial charge in [-0.25, -0.2) is 8.42 Å². The average Bonchev–Trinajstić information content (AvgIpc) is 2.34. The van der Waals surface area contributed by atoms with E-state index in [4.69, 9.17) is 0 Å². The zero-order valence-electron chi connectivity index (χ0n) is 14.2. The fraction of sp³-hybridized carbons (Fsp3) is 1.00. The van der Waals surface area contributed by atoms with Crippen LogP contribution in [-0.4, -0.2) is 32.0 Å². The van der Waals surface area contributed by atoms with Crippen molar-refractivity contribution in [3.05, 3.63) is 0 Å². The molecule has 0 fully saturated rings. The van der Waals surface area contributed by atoms with Crippen LogP contribution in [0, 0.1) is 0 Å². The van der Waals surface area contributed by atoms with Crippen molar-refractivity contribution in [1.29, 1.82) is 0 Å². The van der Waals surface area contributed by atoms with Crippen molar-refractivity contribution in [3.8, 4) is 0 Å². The maximum atomic E-state index is 11.7. The van der Waals surface area contributed by atoms with E-state index < -0.39 is 14.6 Å². The predicted octanol–water partition coefficient (Wildman–Crippen LogP) is 3.93. The molecule has 0 radical (unpaired) electrons. The molecule has 0 saturated carbocycles. The topological polar surface area (TPSA) is 46.2 Å². The van der Waals surface area contributed by atoms with Crippen LogP contribution in [0.1, 0.15) is 79.1 Å². The third-order valence-corrected chi connectivity index (χ3v) is 6.28. The molecule has 0 aromatic rings. The Hall–Kier alpha value is -0.0900. The molecular formula is C16H35NO2S. The average molecular weight is 306 g/mol. The number of sulfone groups is 1. The lowest BCUT2D eigenvalue weighted by atomic mass is 10.0. The lowest BCUT2D eigenvalue weighted by Crippen LogP contribution is -2.45. The summed E-state index contributed by atoms with van der Waals surface area (Å²) < 4.78 is 22.8. The number of nitrogens with one attached hydrogen (secondary N) is 1. The minimum Gasteiger partial charge on any atom is -0.312 e. The largest absolute Gasteiger partial charge is 0.312 e. The summed E-state index contributed by atoms with van der Waals surface area (Å²) >= 11 is 0. The van der Waals surface area contributed by atoms with Gasteiger partial charge in [-0.05, 0) is 26.7 Å². The van der Waals surface area contributed by atoms with Crippen LogP contribution >= 0.6 is 0 Å². The molecule has 122 valence electrons. The van der Waals surface area contributed by atoms with Gasteiger partial charge < -0.3 is 5.32 Å². The highest BCUT2D eigenvalue weighted by Crippen LogP contribution is 2.16. The fourth-order valence-corrected chi connectivity index (χ4v) is 2.50. The molecule has 4 heteroatoms. The molecule has 0 rings (SSSR count). The second-order valence-electron chi connectivity index (χ2n) is 6.60. The number of hydrogen-bond donors (Lipinski definition) is 1. The van der Waals surface area contributed by atoms with Crippen molar-refractivity contribution in [2.45, 2.75) is 89.9 Å². The summed E-state index contributed by atoms with van der Waals surface area (Å²) in [6.45, 7) is 8.60. The Morgan fingerprint density at radius 1 is 0.950 bits per heavy atom. The van der Waals surface area contributed by atoms with Gasteiger partial charge in [-0.1, -0.05) is 52.4 Å². The summed E-state index contributed by atoms with van der Waals surface area (Å²) in [5, 5.41) is 3.51. The zero-order chi connectivity index (χ0) is 15.6. The monoisotopic (exact) mass is 305 g/mol. The predicted molar refractivity (Wildman–Crippen MR) is 89.0 cm³/mol. The Kier molecular flexibility index (Phi) is 9.73. The van der Waals surface area contributed by atoms with Gasteiger partial charge in [0.05, 0.1) is 4.75 Å². The van der Waals surface area contributed by atoms with Gasteiger partial charge in [0.25, 0.3) is 0 Å². The molecule has 0 aliphatic rings. The van der Waals surface area contributed by atoms with E-state index in [0.717, 1.165) is 12.8 Å². The van der Waals surface area contributed by atoms with E-state index in [0.29, 0.717) is 12.6 Å². The van der Waals surface area contributed by atoms with Gasteiger partial charge >= 0.3 is 0 Å². The third kappa shape index (κ3) is 8.25. The molecule has 20 heavy (non-hydrogen) atoms. The Balaban J connectivity index is 4.32. The van der Waals surface area contributed by atoms with Gasteiger partial charge in [0.2, 0.25) is 0 Å². The van der Waals surface area contributed by atoms with E-state index in [2.05, 4.69) is 19.2 Å². The molecule has 0 atom stereocenters. The molecule has 0 saturated heterocycles. The van der Waals surface area contributed by atoms with E-state index in [1.807, 2.05) is 13.8 Å². The Bertz CT molecular complexity index is 326. The summed E-state index contributed by atoms with van der Waals surface area (Å²) in [7, 11) is -3.01. The molecule has 0 aliphatic carbocycles. The van der Waals surface area contributed by atoms with Crippen molar-refractivity contribution < 1.29 is 8.42 Å². The summed E-state index contributed by atoms with van der Waals surface area (Å²) in [6.07, 6.45) is 11.1. The first-order chi connectivity index (χ1) is 9.24. The molecule has 0 aromatic carbocycles. The quantitative estimate of drug-likeness (QED) is 0.556. The molecule has 0 aliphatic heterocycles. The fourth-order valence-electron chi connectivity index (χ4n) is 2.15. The van der Waals surface area contributed by atoms with Crippen molar-refractivity contribution in [1.82, 2.24) is 5.32 Å². The maximum absolute atomic E-state index is 11.7. The summed E-state index contributed by atoms with van der Waals surface area (Å²) in [4.78, 5) is 0. The van der Waals surface area contributed by atoms with Gasteiger partial charge in [0.1, 0.15) is 0 Å². The molecule has 0 heterocycles. The molecule has 3 nitrogen and oxygen atoms in total. The van der Waals surface area contributed by atoms with E-state index in [-0.39, 0.29) is 0 Å². The van der Waals surface area contributed by atoms with Gasteiger partial charge in [-0.3, -0.25) is 0 Å². The van der Waals surface area contributed by atoms with Crippen LogP contribution < -0.4 is 5.32 Å². The summed E-state index contributed by atoms with van der Waals surface area (Å²) in [5.41, 5.74) is 0. The smallest absolute Gasteiger partial charge is 0.153 e. The highest BCUT2D eigenvalue weighted by molar-refractivity contribution is 7.92. The molecule has 0 amide bonds. The van der Waals surface area contributed by atoms with Crippen LogP contribution in [0.4, 0.5) is 0 Å². The first-order valence-electron chi connectivity index (χ1n) is 8.17. The second-order valence-corrected chi connectivity index (χ2v) is 9.25. The normalized spacial score (nSPS) is 13.1. The van der Waals surface area contributed by atoms with E-state index in [9.17, 15) is 8.42 Å². The van der Waals surface area contributed by atoms with Crippen LogP contribution in [0.15, 0.2) is 0 Å². The number of rotatable bonds is 12. The van der Waals surface area contributed by atoms with Crippen LogP contribution in [0.3, 0.4) is 0 Å². The van der Waals surface area contributed by atoms with E-state index in [1.54, 1.807) is 0 Å². The third-order valence-electron chi connectivity index (χ3n) is 4.13. The van der Waals surface area contributed by atoms with Crippen LogP contribution in [-0.2, 0) is 9.84 Å². The Morgan fingerprint density at radius 3 is 1.75 bits per heavy atom. The Morgan fingerprint density at radius 2 is 1.40 bits per heavy atom. The number of hydrogen-bond acceptors (Lipinski definition) is 3. The summed E-state index contributed by atoms with van der Waals surface area (Å²) in [5.74, 6) is 0. The van der Waals surface area contributed by atoms with E-state index >= 15 is 0 Å². The molecule has 1 N–H and O–H groups in total. The second kappa shape index (κ2) is 9.78. The van der Waals surface area contributed by atoms with Crippen LogP contribution in [0.5, 0.6) is 0 Å². The van der Waals surface area contributed by atoms with Crippen LogP contribution in [0.25, 0.3) is 0 Å². The first kappa shape index (κ1) is 19.9. The van der Waals surface area contributed by atoms with Crippen molar-refractivity contribution in [2.75, 3.05) is 12.8 Å². The minimum atomic E-state index is -3.01. The van der Waals surface area contributed by atoms with Gasteiger partial charge in [-0.2, -0.15) is 0 Å². The van der Waals surface area contributed by atoms with E-state index in [1.165, 1.54) is 44.8 Å². The standard InChI is InChI=1S/C16H35NO2S/c1-6-8-10-12-15(13-11-9-7-2)17-14-16(3,4)20(5,18)19/h15,17H,6-14H2,1-5H3. The molecule has 0 aromatic heterocycles. The summed E-state index contributed by atoms with van der Waals surface area (Å²) in [6, 6.07) is 0.467. The highest BCUT2D eigenvalue weighted by Gasteiger charge is 2.30. The first-order valence-corrected chi connectivity index (χ1v) is 10.1. The SMILES string of the molecule is CCCCCC(CCCCC)NCC(C)(C)S(C)(=O)=O. The molecular weight excluding hydrogens is 270 g/mol. The Labute approximate surface area is 126 Å². The van der Waals surface area contributed by atoms with Crippen molar-refractivity contribution >= 4 is 9.84 Å². The lowest BCUT2D eigenvalue weighted by Gasteiger charge is -2.27. The maximum Gasteiger partial charge on any atom is 0.153 e. The minimum absolute atomic E-state index is 0.467. The lowest BCUT2D eigenvalue weighted by molar-refractivity contribution is 0.399.